The number of hydrogen-bond donors (Lipinski definition) is 1. The van der Waals surface area contributed by atoms with Crippen LogP contribution in [0.2, 0.25) is 0 Å². The summed E-state index contributed by atoms with van der Waals surface area (Å²) >= 11 is 0. The second-order valence-corrected chi connectivity index (χ2v) is 2.68. The summed E-state index contributed by atoms with van der Waals surface area (Å²) in [6.45, 7) is 5.91. The van der Waals surface area contributed by atoms with Crippen LogP contribution in [0.4, 0.5) is 0 Å². The van der Waals surface area contributed by atoms with Crippen LogP contribution in [0.25, 0.3) is 0 Å². The normalized spacial score (nSPS) is 13.6. The molecule has 1 atom stereocenters. The zero-order valence-electron chi connectivity index (χ0n) is 6.64. The van der Waals surface area contributed by atoms with Gasteiger partial charge in [-0.2, -0.15) is 0 Å². The maximum atomic E-state index is 5.70. The summed E-state index contributed by atoms with van der Waals surface area (Å²) in [7, 11) is 0. The van der Waals surface area contributed by atoms with Gasteiger partial charge in [-0.3, -0.25) is 0 Å². The van der Waals surface area contributed by atoms with E-state index in [4.69, 9.17) is 10.2 Å². The second-order valence-electron chi connectivity index (χ2n) is 2.68. The van der Waals surface area contributed by atoms with Crippen LogP contribution >= 0.6 is 0 Å². The summed E-state index contributed by atoms with van der Waals surface area (Å²) in [6.07, 6.45) is 1.74. The van der Waals surface area contributed by atoms with Crippen molar-refractivity contribution in [2.24, 2.45) is 5.73 Å². The molecule has 0 saturated heterocycles. The largest absolute Gasteiger partial charge is 0.469 e. The predicted molar refractivity (Wildman–Crippen MR) is 40.8 cm³/mol. The van der Waals surface area contributed by atoms with Gasteiger partial charge in [-0.25, -0.2) is 0 Å². The summed E-state index contributed by atoms with van der Waals surface area (Å²) in [5.74, 6) is 0.938. The van der Waals surface area contributed by atoms with E-state index in [1.807, 2.05) is 20.8 Å². The Morgan fingerprint density at radius 2 is 2.10 bits per heavy atom. The zero-order valence-corrected chi connectivity index (χ0v) is 6.64. The highest BCUT2D eigenvalue weighted by atomic mass is 16.3. The molecule has 0 aliphatic heterocycles. The molecule has 1 unspecified atom stereocenters. The number of furan rings is 1. The predicted octanol–water partition coefficient (Wildman–Crippen LogP) is 1.92. The van der Waals surface area contributed by atoms with Gasteiger partial charge in [0.2, 0.25) is 0 Å². The smallest absolute Gasteiger partial charge is 0.105 e. The third-order valence-corrected chi connectivity index (χ3v) is 1.67. The Morgan fingerprint density at radius 1 is 1.50 bits per heavy atom. The Kier molecular flexibility index (Phi) is 1.81. The minimum Gasteiger partial charge on any atom is -0.469 e. The zero-order chi connectivity index (χ0) is 7.72. The molecule has 1 aromatic rings. The molecule has 0 spiro atoms. The molecule has 0 aliphatic rings. The maximum Gasteiger partial charge on any atom is 0.105 e. The molecule has 0 amide bonds. The molecule has 0 aromatic carbocycles. The SMILES string of the molecule is Cc1coc(C)c1C(C)N. The van der Waals surface area contributed by atoms with E-state index in [9.17, 15) is 0 Å². The minimum atomic E-state index is 0.0822. The third kappa shape index (κ3) is 1.07. The lowest BCUT2D eigenvalue weighted by Gasteiger charge is -2.03. The Balaban J connectivity index is 3.10. The molecule has 1 rings (SSSR count). The van der Waals surface area contributed by atoms with Gasteiger partial charge in [0.15, 0.2) is 0 Å². The first kappa shape index (κ1) is 7.35. The molecule has 1 aromatic heterocycles. The molecular weight excluding hydrogens is 126 g/mol. The molecule has 1 heterocycles. The number of aryl methyl sites for hydroxylation is 2. The van der Waals surface area contributed by atoms with Crippen LogP contribution in [0.5, 0.6) is 0 Å². The van der Waals surface area contributed by atoms with Crippen molar-refractivity contribution in [3.8, 4) is 0 Å². The fraction of sp³-hybridized carbons (Fsp3) is 0.500. The van der Waals surface area contributed by atoms with Gasteiger partial charge in [-0.1, -0.05) is 0 Å². The van der Waals surface area contributed by atoms with Crippen molar-refractivity contribution in [1.82, 2.24) is 0 Å². The fourth-order valence-electron chi connectivity index (χ4n) is 1.26. The average Bonchev–Trinajstić information content (AvgIpc) is 2.11. The van der Waals surface area contributed by atoms with Gasteiger partial charge in [0.05, 0.1) is 6.26 Å². The first-order valence-corrected chi connectivity index (χ1v) is 3.43. The molecule has 2 N–H and O–H groups in total. The van der Waals surface area contributed by atoms with Crippen molar-refractivity contribution in [1.29, 1.82) is 0 Å². The highest BCUT2D eigenvalue weighted by molar-refractivity contribution is 5.28. The number of nitrogens with two attached hydrogens (primary N) is 1. The number of rotatable bonds is 1. The molecule has 0 saturated carbocycles. The van der Waals surface area contributed by atoms with E-state index in [1.54, 1.807) is 6.26 Å². The molecule has 0 fully saturated rings. The summed E-state index contributed by atoms with van der Waals surface area (Å²) in [5.41, 5.74) is 7.98. The van der Waals surface area contributed by atoms with E-state index in [0.717, 1.165) is 16.9 Å². The molecular formula is C8H13NO. The average molecular weight is 139 g/mol. The van der Waals surface area contributed by atoms with Gasteiger partial charge < -0.3 is 10.2 Å². The van der Waals surface area contributed by atoms with Gasteiger partial charge in [-0.05, 0) is 26.3 Å². The Labute approximate surface area is 61.0 Å². The summed E-state index contributed by atoms with van der Waals surface area (Å²) in [6, 6.07) is 0.0822. The highest BCUT2D eigenvalue weighted by Gasteiger charge is 2.09. The molecule has 2 nitrogen and oxygen atoms in total. The molecule has 10 heavy (non-hydrogen) atoms. The Morgan fingerprint density at radius 3 is 2.30 bits per heavy atom. The van der Waals surface area contributed by atoms with Crippen LogP contribution in [0, 0.1) is 13.8 Å². The van der Waals surface area contributed by atoms with Crippen LogP contribution in [0.15, 0.2) is 10.7 Å². The van der Waals surface area contributed by atoms with Crippen molar-refractivity contribution < 1.29 is 4.42 Å². The van der Waals surface area contributed by atoms with E-state index < -0.39 is 0 Å². The molecule has 56 valence electrons. The fourth-order valence-corrected chi connectivity index (χ4v) is 1.26. The lowest BCUT2D eigenvalue weighted by molar-refractivity contribution is 0.525. The van der Waals surface area contributed by atoms with Gasteiger partial charge in [0, 0.05) is 11.6 Å². The Bertz CT molecular complexity index is 206. The summed E-state index contributed by atoms with van der Waals surface area (Å²) < 4.78 is 5.18. The van der Waals surface area contributed by atoms with Crippen molar-refractivity contribution in [3.63, 3.8) is 0 Å². The van der Waals surface area contributed by atoms with Crippen molar-refractivity contribution in [3.05, 3.63) is 23.2 Å². The van der Waals surface area contributed by atoms with Gasteiger partial charge >= 0.3 is 0 Å². The third-order valence-electron chi connectivity index (χ3n) is 1.67. The van der Waals surface area contributed by atoms with E-state index in [2.05, 4.69) is 0 Å². The van der Waals surface area contributed by atoms with Gasteiger partial charge in [-0.15, -0.1) is 0 Å². The van der Waals surface area contributed by atoms with E-state index in [-0.39, 0.29) is 6.04 Å². The maximum absolute atomic E-state index is 5.70. The van der Waals surface area contributed by atoms with Gasteiger partial charge in [0.25, 0.3) is 0 Å². The molecule has 0 aliphatic carbocycles. The monoisotopic (exact) mass is 139 g/mol. The molecule has 0 bridgehead atoms. The Hall–Kier alpha value is -0.760. The van der Waals surface area contributed by atoms with Crippen LogP contribution in [-0.4, -0.2) is 0 Å². The van der Waals surface area contributed by atoms with E-state index in [0.29, 0.717) is 0 Å². The minimum absolute atomic E-state index is 0.0822. The van der Waals surface area contributed by atoms with Crippen molar-refractivity contribution in [2.75, 3.05) is 0 Å². The first-order chi connectivity index (χ1) is 4.63. The van der Waals surface area contributed by atoms with Crippen molar-refractivity contribution in [2.45, 2.75) is 26.8 Å². The number of hydrogen-bond acceptors (Lipinski definition) is 2. The molecule has 0 radical (unpaired) electrons. The van der Waals surface area contributed by atoms with E-state index in [1.165, 1.54) is 0 Å². The van der Waals surface area contributed by atoms with Crippen LogP contribution < -0.4 is 5.73 Å². The second kappa shape index (κ2) is 2.46. The van der Waals surface area contributed by atoms with Crippen molar-refractivity contribution >= 4 is 0 Å². The standard InChI is InChI=1S/C8H13NO/c1-5-4-10-7(3)8(5)6(2)9/h4,6H,9H2,1-3H3. The lowest BCUT2D eigenvalue weighted by Crippen LogP contribution is -2.06. The summed E-state index contributed by atoms with van der Waals surface area (Å²) in [4.78, 5) is 0. The topological polar surface area (TPSA) is 39.2 Å². The lowest BCUT2D eigenvalue weighted by atomic mass is 10.1. The van der Waals surface area contributed by atoms with E-state index >= 15 is 0 Å². The van der Waals surface area contributed by atoms with Gasteiger partial charge in [0.1, 0.15) is 5.76 Å². The quantitative estimate of drug-likeness (QED) is 0.645. The van der Waals surface area contributed by atoms with Crippen LogP contribution in [0.3, 0.4) is 0 Å². The van der Waals surface area contributed by atoms with Crippen LogP contribution in [0.1, 0.15) is 29.9 Å². The van der Waals surface area contributed by atoms with Crippen LogP contribution in [-0.2, 0) is 0 Å². The molecule has 2 heteroatoms. The summed E-state index contributed by atoms with van der Waals surface area (Å²) in [5, 5.41) is 0. The highest BCUT2D eigenvalue weighted by Crippen LogP contribution is 2.20. The first-order valence-electron chi connectivity index (χ1n) is 3.43.